The van der Waals surface area contributed by atoms with E-state index in [2.05, 4.69) is 5.32 Å². The minimum Gasteiger partial charge on any atom is -0.387 e. The Morgan fingerprint density at radius 2 is 1.83 bits per heavy atom. The Morgan fingerprint density at radius 1 is 1.11 bits per heavy atom. The van der Waals surface area contributed by atoms with E-state index in [0.29, 0.717) is 23.0 Å². The number of hydrogen-bond donors (Lipinski definition) is 6. The molecule has 0 bridgehead atoms. The molecule has 12 nitrogen and oxygen atoms in total. The van der Waals surface area contributed by atoms with Crippen LogP contribution in [0, 0.1) is 0 Å². The van der Waals surface area contributed by atoms with E-state index < -0.39 is 51.1 Å². The third kappa shape index (κ3) is 4.53. The number of fused-ring (bicyclic) bond motifs is 2. The molecule has 2 heterocycles. The second-order valence-electron chi connectivity index (χ2n) is 10.4. The van der Waals surface area contributed by atoms with Crippen LogP contribution in [0.15, 0.2) is 18.2 Å². The van der Waals surface area contributed by atoms with Gasteiger partial charge in [0, 0.05) is 17.3 Å². The first-order chi connectivity index (χ1) is 16.9. The van der Waals surface area contributed by atoms with E-state index in [9.17, 15) is 24.2 Å². The second-order valence-corrected chi connectivity index (χ2v) is 14.3. The van der Waals surface area contributed by atoms with Crippen molar-refractivity contribution in [1.82, 2.24) is 9.97 Å². The number of rotatable bonds is 8. The smallest absolute Gasteiger partial charge is 0.340 e. The first kappa shape index (κ1) is 24.9. The minimum atomic E-state index is -4.83. The monoisotopic (exact) mass is 541 g/mol. The van der Waals surface area contributed by atoms with E-state index in [0.717, 1.165) is 42.7 Å². The van der Waals surface area contributed by atoms with Crippen molar-refractivity contribution in [3.8, 4) is 0 Å². The van der Waals surface area contributed by atoms with Crippen molar-refractivity contribution in [1.29, 1.82) is 0 Å². The molecule has 0 spiro atoms. The largest absolute Gasteiger partial charge is 0.387 e. The van der Waals surface area contributed by atoms with Crippen molar-refractivity contribution < 1.29 is 43.3 Å². The van der Waals surface area contributed by atoms with Crippen LogP contribution in [-0.4, -0.2) is 70.7 Å². The first-order valence-electron chi connectivity index (χ1n) is 12.1. The molecule has 1 aromatic heterocycles. The van der Waals surface area contributed by atoms with E-state index in [1.54, 1.807) is 12.1 Å². The van der Waals surface area contributed by atoms with Crippen molar-refractivity contribution in [2.24, 2.45) is 0 Å². The van der Waals surface area contributed by atoms with Crippen LogP contribution in [0.3, 0.4) is 0 Å². The molecule has 2 aromatic rings. The van der Waals surface area contributed by atoms with Crippen LogP contribution in [0.25, 0.3) is 10.9 Å². The fourth-order valence-electron chi connectivity index (χ4n) is 5.41. The Morgan fingerprint density at radius 3 is 2.44 bits per heavy atom. The highest BCUT2D eigenvalue weighted by Gasteiger charge is 2.78. The Bertz CT molecular complexity index is 1300. The van der Waals surface area contributed by atoms with E-state index in [1.807, 2.05) is 6.07 Å². The highest BCUT2D eigenvalue weighted by atomic mass is 31.2. The lowest BCUT2D eigenvalue weighted by Crippen LogP contribution is -2.35. The second kappa shape index (κ2) is 8.53. The lowest BCUT2D eigenvalue weighted by molar-refractivity contribution is -0.0630. The number of hydrogen-bond acceptors (Lipinski definition) is 9. The summed E-state index contributed by atoms with van der Waals surface area (Å²) < 4.78 is 33.9. The molecule has 1 aliphatic heterocycles. The van der Waals surface area contributed by atoms with Crippen LogP contribution >= 0.6 is 15.2 Å². The maximum atomic E-state index is 12.1. The molecule has 3 saturated carbocycles. The number of aliphatic hydroxyl groups excluding tert-OH is 1. The Kier molecular flexibility index (Phi) is 5.89. The van der Waals surface area contributed by atoms with Gasteiger partial charge in [-0.2, -0.15) is 0 Å². The third-order valence-corrected chi connectivity index (χ3v) is 10.9. The van der Waals surface area contributed by atoms with Gasteiger partial charge in [-0.05, 0) is 43.4 Å². The third-order valence-electron chi connectivity index (χ3n) is 7.48. The molecule has 196 valence electrons. The van der Waals surface area contributed by atoms with Crippen molar-refractivity contribution in [2.45, 2.75) is 80.5 Å². The summed E-state index contributed by atoms with van der Waals surface area (Å²) in [4.78, 5) is 37.3. The number of nitrogens with one attached hydrogen (secondary N) is 1. The average molecular weight is 541 g/mol. The molecule has 4 aliphatic rings. The number of anilines is 1. The molecule has 6 rings (SSSR count). The van der Waals surface area contributed by atoms with Crippen LogP contribution in [0.5, 0.6) is 0 Å². The zero-order valence-corrected chi connectivity index (χ0v) is 21.1. The zero-order chi connectivity index (χ0) is 25.5. The molecule has 6 atom stereocenters. The fourth-order valence-corrected chi connectivity index (χ4v) is 8.17. The molecule has 0 radical (unpaired) electrons. The van der Waals surface area contributed by atoms with Crippen LogP contribution in [0.4, 0.5) is 5.82 Å². The highest BCUT2D eigenvalue weighted by Crippen LogP contribution is 2.64. The zero-order valence-electron chi connectivity index (χ0n) is 19.3. The first-order valence-corrected chi connectivity index (χ1v) is 15.7. The van der Waals surface area contributed by atoms with Crippen molar-refractivity contribution in [3.05, 3.63) is 29.6 Å². The number of aromatic nitrogens is 2. The minimum absolute atomic E-state index is 0.337. The van der Waals surface area contributed by atoms with Crippen molar-refractivity contribution in [3.63, 3.8) is 0 Å². The quantitative estimate of drug-likeness (QED) is 0.267. The summed E-state index contributed by atoms with van der Waals surface area (Å²) in [7, 11) is -9.55. The molecule has 0 amide bonds. The SMILES string of the molecule is O=P(O)(O)CP(=O)(O)O[C@H]1[C@H]2O[C@@H](c3ccc4c(NC5CCCC5)nc(C5CC5)nc4c3)[C@H](O)[C@]21O. The summed E-state index contributed by atoms with van der Waals surface area (Å²) in [6.07, 6.45) is 1.77. The van der Waals surface area contributed by atoms with Gasteiger partial charge in [-0.25, -0.2) is 9.97 Å². The summed E-state index contributed by atoms with van der Waals surface area (Å²) in [6, 6.07) is 5.80. The average Bonchev–Trinajstić information content (AvgIpc) is 3.62. The molecule has 1 aromatic carbocycles. The molecule has 6 N–H and O–H groups in total. The predicted molar refractivity (Wildman–Crippen MR) is 128 cm³/mol. The molecule has 3 aliphatic carbocycles. The summed E-state index contributed by atoms with van der Waals surface area (Å²) in [5.74, 6) is 0.534. The number of ether oxygens (including phenoxy) is 1. The van der Waals surface area contributed by atoms with Gasteiger partial charge in [-0.3, -0.25) is 13.7 Å². The van der Waals surface area contributed by atoms with Gasteiger partial charge in [0.25, 0.3) is 0 Å². The van der Waals surface area contributed by atoms with E-state index in [-0.39, 0.29) is 0 Å². The van der Waals surface area contributed by atoms with Crippen LogP contribution in [-0.2, 0) is 18.4 Å². The molecular weight excluding hydrogens is 512 g/mol. The Balaban J connectivity index is 1.24. The summed E-state index contributed by atoms with van der Waals surface area (Å²) in [5.41, 5.74) is -0.695. The molecule has 14 heteroatoms. The lowest BCUT2D eigenvalue weighted by Gasteiger charge is -2.24. The van der Waals surface area contributed by atoms with Gasteiger partial charge in [0.05, 0.1) is 5.52 Å². The molecule has 36 heavy (non-hydrogen) atoms. The van der Waals surface area contributed by atoms with Crippen LogP contribution < -0.4 is 5.32 Å². The Hall–Kier alpha value is -1.46. The maximum absolute atomic E-state index is 12.1. The van der Waals surface area contributed by atoms with Gasteiger partial charge in [0.15, 0.2) is 11.5 Å². The molecule has 1 unspecified atom stereocenters. The van der Waals surface area contributed by atoms with E-state index in [1.165, 1.54) is 12.8 Å². The van der Waals surface area contributed by atoms with Gasteiger partial charge >= 0.3 is 15.2 Å². The lowest BCUT2D eigenvalue weighted by atomic mass is 9.99. The van der Waals surface area contributed by atoms with Gasteiger partial charge in [-0.1, -0.05) is 18.9 Å². The van der Waals surface area contributed by atoms with Crippen molar-refractivity contribution >= 4 is 31.9 Å². The highest BCUT2D eigenvalue weighted by molar-refractivity contribution is 7.70. The van der Waals surface area contributed by atoms with E-state index >= 15 is 0 Å². The standard InChI is InChI=1S/C22H29N3O9P2/c26-17-16(33-18-19(22(17,18)27)34-36(31,32)10-35(28,29)30)12-7-8-14-15(9-12)24-20(11-5-6-11)25-21(14)23-13-3-1-2-4-13/h7-9,11,13,16-19,26-27H,1-6,10H2,(H,31,32)(H,23,24,25)(H2,28,29,30)/t16-,17-,18+,19-,22-/m0/s1. The molecule has 1 saturated heterocycles. The van der Waals surface area contributed by atoms with Gasteiger partial charge < -0.3 is 34.9 Å². The van der Waals surface area contributed by atoms with Gasteiger partial charge in [-0.15, -0.1) is 0 Å². The number of benzene rings is 1. The Labute approximate surface area is 206 Å². The van der Waals surface area contributed by atoms with Crippen LogP contribution in [0.2, 0.25) is 0 Å². The topological polar surface area (TPSA) is 192 Å². The van der Waals surface area contributed by atoms with Crippen molar-refractivity contribution in [2.75, 3.05) is 11.2 Å². The normalized spacial score (nSPS) is 34.0. The van der Waals surface area contributed by atoms with Gasteiger partial charge in [0.1, 0.15) is 36.1 Å². The number of aliphatic hydroxyl groups is 2. The molecule has 4 fully saturated rings. The van der Waals surface area contributed by atoms with Crippen LogP contribution in [0.1, 0.15) is 61.9 Å². The maximum Gasteiger partial charge on any atom is 0.340 e. The summed E-state index contributed by atoms with van der Waals surface area (Å²) in [5, 5.41) is 26.2. The fraction of sp³-hybridized carbons (Fsp3) is 0.636. The van der Waals surface area contributed by atoms with Gasteiger partial charge in [0.2, 0.25) is 0 Å². The molecular formula is C22H29N3O9P2. The summed E-state index contributed by atoms with van der Waals surface area (Å²) >= 11 is 0. The summed E-state index contributed by atoms with van der Waals surface area (Å²) in [6.45, 7) is 0. The number of nitrogens with zero attached hydrogens (tertiary/aromatic N) is 2. The van der Waals surface area contributed by atoms with E-state index in [4.69, 9.17) is 29.0 Å². The predicted octanol–water partition coefficient (Wildman–Crippen LogP) is 2.11.